The second-order valence-corrected chi connectivity index (χ2v) is 6.49. The molecule has 0 radical (unpaired) electrons. The monoisotopic (exact) mass is 357 g/mol. The fourth-order valence-corrected chi connectivity index (χ4v) is 3.07. The average molecular weight is 357 g/mol. The molecule has 2 aromatic carbocycles. The van der Waals surface area contributed by atoms with E-state index < -0.39 is 5.82 Å². The number of anilines is 2. The van der Waals surface area contributed by atoms with Crippen molar-refractivity contribution in [2.24, 2.45) is 0 Å². The first-order chi connectivity index (χ1) is 12.5. The van der Waals surface area contributed by atoms with E-state index in [9.17, 15) is 9.18 Å². The Morgan fingerprint density at radius 1 is 1.12 bits per heavy atom. The van der Waals surface area contributed by atoms with Crippen molar-refractivity contribution < 1.29 is 13.9 Å². The number of nitrogens with one attached hydrogen (secondary N) is 1. The summed E-state index contributed by atoms with van der Waals surface area (Å²) < 4.78 is 19.0. The minimum Gasteiger partial charge on any atom is -0.497 e. The summed E-state index contributed by atoms with van der Waals surface area (Å²) in [7, 11) is 1.65. The number of hydrogen-bond acceptors (Lipinski definition) is 4. The summed E-state index contributed by atoms with van der Waals surface area (Å²) in [6.07, 6.45) is 0. The molecule has 138 valence electrons. The Hall–Kier alpha value is -2.60. The van der Waals surface area contributed by atoms with E-state index in [1.165, 1.54) is 6.07 Å². The van der Waals surface area contributed by atoms with Gasteiger partial charge in [-0.3, -0.25) is 9.69 Å². The number of ether oxygens (including phenoxy) is 1. The highest BCUT2D eigenvalue weighted by molar-refractivity contribution is 5.92. The molecule has 0 aromatic heterocycles. The molecule has 0 aliphatic carbocycles. The highest BCUT2D eigenvalue weighted by atomic mass is 19.1. The maximum atomic E-state index is 13.8. The molecule has 0 spiro atoms. The van der Waals surface area contributed by atoms with Gasteiger partial charge in [-0.05, 0) is 48.9 Å². The molecule has 0 saturated carbocycles. The molecule has 1 saturated heterocycles. The Morgan fingerprint density at radius 2 is 1.81 bits per heavy atom. The van der Waals surface area contributed by atoms with E-state index >= 15 is 0 Å². The van der Waals surface area contributed by atoms with Crippen LogP contribution in [0.4, 0.5) is 15.8 Å². The SMILES string of the molecule is COc1ccc(N2CCN(CC(=O)Nc3ccc(C)cc3F)CC2)cc1. The Bertz CT molecular complexity index is 756. The maximum absolute atomic E-state index is 13.8. The fraction of sp³-hybridized carbons (Fsp3) is 0.350. The van der Waals surface area contributed by atoms with Crippen molar-refractivity contribution in [1.82, 2.24) is 4.90 Å². The summed E-state index contributed by atoms with van der Waals surface area (Å²) in [5.74, 6) is 0.251. The van der Waals surface area contributed by atoms with Crippen molar-refractivity contribution in [3.63, 3.8) is 0 Å². The van der Waals surface area contributed by atoms with Gasteiger partial charge in [0.15, 0.2) is 0 Å². The number of hydrogen-bond donors (Lipinski definition) is 1. The lowest BCUT2D eigenvalue weighted by molar-refractivity contribution is -0.117. The zero-order valence-corrected chi connectivity index (χ0v) is 15.2. The van der Waals surface area contributed by atoms with Crippen LogP contribution in [0, 0.1) is 12.7 Å². The van der Waals surface area contributed by atoms with Gasteiger partial charge in [-0.25, -0.2) is 4.39 Å². The van der Waals surface area contributed by atoms with Crippen molar-refractivity contribution in [2.75, 3.05) is 50.1 Å². The van der Waals surface area contributed by atoms with E-state index in [0.29, 0.717) is 0 Å². The number of rotatable bonds is 5. The lowest BCUT2D eigenvalue weighted by Gasteiger charge is -2.35. The largest absolute Gasteiger partial charge is 0.497 e. The van der Waals surface area contributed by atoms with Crippen molar-refractivity contribution >= 4 is 17.3 Å². The Morgan fingerprint density at radius 3 is 2.42 bits per heavy atom. The normalized spacial score (nSPS) is 15.0. The number of piperazine rings is 1. The predicted molar refractivity (Wildman–Crippen MR) is 101 cm³/mol. The molecule has 0 atom stereocenters. The molecule has 1 N–H and O–H groups in total. The minimum absolute atomic E-state index is 0.189. The van der Waals surface area contributed by atoms with Gasteiger partial charge in [-0.15, -0.1) is 0 Å². The van der Waals surface area contributed by atoms with Crippen LogP contribution >= 0.6 is 0 Å². The highest BCUT2D eigenvalue weighted by Crippen LogP contribution is 2.20. The van der Waals surface area contributed by atoms with Gasteiger partial charge in [0.25, 0.3) is 0 Å². The van der Waals surface area contributed by atoms with Crippen LogP contribution in [0.2, 0.25) is 0 Å². The van der Waals surface area contributed by atoms with E-state index in [2.05, 4.69) is 15.1 Å². The summed E-state index contributed by atoms with van der Waals surface area (Å²) >= 11 is 0. The summed E-state index contributed by atoms with van der Waals surface area (Å²) in [4.78, 5) is 16.6. The van der Waals surface area contributed by atoms with Gasteiger partial charge in [0, 0.05) is 31.9 Å². The maximum Gasteiger partial charge on any atom is 0.238 e. The highest BCUT2D eigenvalue weighted by Gasteiger charge is 2.19. The van der Waals surface area contributed by atoms with Crippen molar-refractivity contribution in [2.45, 2.75) is 6.92 Å². The van der Waals surface area contributed by atoms with E-state index in [1.54, 1.807) is 19.2 Å². The molecule has 1 amide bonds. The van der Waals surface area contributed by atoms with Crippen LogP contribution in [-0.4, -0.2) is 50.6 Å². The molecule has 1 aliphatic heterocycles. The minimum atomic E-state index is -0.400. The van der Waals surface area contributed by atoms with Crippen LogP contribution < -0.4 is 15.0 Å². The third-order valence-electron chi connectivity index (χ3n) is 4.58. The molecule has 0 unspecified atom stereocenters. The van der Waals surface area contributed by atoms with Gasteiger partial charge in [0.1, 0.15) is 11.6 Å². The summed E-state index contributed by atoms with van der Waals surface area (Å²) in [6, 6.07) is 12.8. The zero-order valence-electron chi connectivity index (χ0n) is 15.2. The molecule has 1 aliphatic rings. The molecular weight excluding hydrogens is 333 g/mol. The van der Waals surface area contributed by atoms with Gasteiger partial charge < -0.3 is 15.0 Å². The molecule has 6 heteroatoms. The number of carbonyl (C=O) groups excluding carboxylic acids is 1. The van der Waals surface area contributed by atoms with Gasteiger partial charge in [0.2, 0.25) is 5.91 Å². The van der Waals surface area contributed by atoms with E-state index in [1.807, 2.05) is 31.2 Å². The summed E-state index contributed by atoms with van der Waals surface area (Å²) in [5.41, 5.74) is 2.21. The van der Waals surface area contributed by atoms with Crippen molar-refractivity contribution in [1.29, 1.82) is 0 Å². The van der Waals surface area contributed by atoms with Gasteiger partial charge in [-0.1, -0.05) is 6.07 Å². The van der Waals surface area contributed by atoms with Crippen LogP contribution in [-0.2, 0) is 4.79 Å². The quantitative estimate of drug-likeness (QED) is 0.894. The smallest absolute Gasteiger partial charge is 0.238 e. The molecule has 0 bridgehead atoms. The van der Waals surface area contributed by atoms with Gasteiger partial charge >= 0.3 is 0 Å². The number of methoxy groups -OCH3 is 1. The van der Waals surface area contributed by atoms with Crippen LogP contribution in [0.5, 0.6) is 5.75 Å². The van der Waals surface area contributed by atoms with Gasteiger partial charge in [0.05, 0.1) is 19.3 Å². The third kappa shape index (κ3) is 4.52. The second-order valence-electron chi connectivity index (χ2n) is 6.49. The average Bonchev–Trinajstić information content (AvgIpc) is 2.65. The lowest BCUT2D eigenvalue weighted by Crippen LogP contribution is -2.48. The Kier molecular flexibility index (Phi) is 5.73. The topological polar surface area (TPSA) is 44.8 Å². The Balaban J connectivity index is 1.49. The van der Waals surface area contributed by atoms with Crippen LogP contribution in [0.3, 0.4) is 0 Å². The van der Waals surface area contributed by atoms with Crippen LogP contribution in [0.25, 0.3) is 0 Å². The number of halogens is 1. The van der Waals surface area contributed by atoms with Gasteiger partial charge in [-0.2, -0.15) is 0 Å². The molecule has 2 aromatic rings. The molecule has 3 rings (SSSR count). The second kappa shape index (κ2) is 8.19. The van der Waals surface area contributed by atoms with Crippen LogP contribution in [0.1, 0.15) is 5.56 Å². The fourth-order valence-electron chi connectivity index (χ4n) is 3.07. The number of nitrogens with zero attached hydrogens (tertiary/aromatic N) is 2. The number of aryl methyl sites for hydroxylation is 1. The third-order valence-corrected chi connectivity index (χ3v) is 4.58. The number of amides is 1. The predicted octanol–water partition coefficient (Wildman–Crippen LogP) is 2.90. The lowest BCUT2D eigenvalue weighted by atomic mass is 10.2. The molecule has 5 nitrogen and oxygen atoms in total. The molecular formula is C20H24FN3O2. The first-order valence-corrected chi connectivity index (χ1v) is 8.72. The standard InChI is InChI=1S/C20H24FN3O2/c1-15-3-8-19(18(21)13-15)22-20(25)14-23-9-11-24(12-10-23)16-4-6-17(26-2)7-5-16/h3-8,13H,9-12,14H2,1-2H3,(H,22,25). The number of benzene rings is 2. The molecule has 26 heavy (non-hydrogen) atoms. The Labute approximate surface area is 153 Å². The van der Waals surface area contributed by atoms with E-state index in [0.717, 1.165) is 43.2 Å². The number of carbonyl (C=O) groups is 1. The molecule has 1 heterocycles. The van der Waals surface area contributed by atoms with Crippen molar-refractivity contribution in [3.8, 4) is 5.75 Å². The first kappa shape index (κ1) is 18.2. The van der Waals surface area contributed by atoms with Crippen LogP contribution in [0.15, 0.2) is 42.5 Å². The summed E-state index contributed by atoms with van der Waals surface area (Å²) in [6.45, 7) is 5.35. The van der Waals surface area contributed by atoms with Crippen molar-refractivity contribution in [3.05, 3.63) is 53.8 Å². The zero-order chi connectivity index (χ0) is 18.5. The molecule has 1 fully saturated rings. The van der Waals surface area contributed by atoms with E-state index in [-0.39, 0.29) is 18.1 Å². The summed E-state index contributed by atoms with van der Waals surface area (Å²) in [5, 5.41) is 2.66. The first-order valence-electron chi connectivity index (χ1n) is 8.72. The van der Waals surface area contributed by atoms with E-state index in [4.69, 9.17) is 4.74 Å².